The van der Waals surface area contributed by atoms with E-state index in [0.29, 0.717) is 12.8 Å². The van der Waals surface area contributed by atoms with Gasteiger partial charge in [-0.3, -0.25) is 9.59 Å². The predicted octanol–water partition coefficient (Wildman–Crippen LogP) is 2.95. The molecule has 0 saturated carbocycles. The Labute approximate surface area is 146 Å². The highest BCUT2D eigenvalue weighted by molar-refractivity contribution is 5.96. The molecule has 0 atom stereocenters. The van der Waals surface area contributed by atoms with E-state index in [1.54, 1.807) is 7.05 Å². The normalized spacial score (nSPS) is 10.6. The summed E-state index contributed by atoms with van der Waals surface area (Å²) in [6, 6.07) is 15.3. The van der Waals surface area contributed by atoms with Gasteiger partial charge in [-0.25, -0.2) is 0 Å². The summed E-state index contributed by atoms with van der Waals surface area (Å²) in [5.41, 5.74) is 4.70. The molecule has 2 amide bonds. The fourth-order valence-corrected chi connectivity index (χ4v) is 2.91. The lowest BCUT2D eigenvalue weighted by Gasteiger charge is -2.07. The molecule has 3 aromatic rings. The average molecular weight is 335 g/mol. The van der Waals surface area contributed by atoms with Gasteiger partial charge in [-0.1, -0.05) is 30.3 Å². The van der Waals surface area contributed by atoms with Gasteiger partial charge in [0.1, 0.15) is 0 Å². The Kier molecular flexibility index (Phi) is 4.84. The molecule has 0 aliphatic heterocycles. The lowest BCUT2D eigenvalue weighted by Crippen LogP contribution is -2.20. The standard InChI is InChI=1S/C20H21N3O2/c1-13-17(16-5-3-4-6-18(16)22-13)12-20(25)23-15-9-7-14(8-10-15)11-19(24)21-2/h3-10,22H,11-12H2,1-2H3,(H,21,24)(H,23,25). The lowest BCUT2D eigenvalue weighted by atomic mass is 10.1. The molecule has 0 radical (unpaired) electrons. The lowest BCUT2D eigenvalue weighted by molar-refractivity contribution is -0.120. The molecule has 1 heterocycles. The Balaban J connectivity index is 1.68. The predicted molar refractivity (Wildman–Crippen MR) is 99.6 cm³/mol. The monoisotopic (exact) mass is 335 g/mol. The van der Waals surface area contributed by atoms with Crippen molar-refractivity contribution in [3.05, 3.63) is 65.4 Å². The number of H-pyrrole nitrogens is 1. The molecule has 3 rings (SSSR count). The highest BCUT2D eigenvalue weighted by atomic mass is 16.2. The fourth-order valence-electron chi connectivity index (χ4n) is 2.91. The number of nitrogens with one attached hydrogen (secondary N) is 3. The Hall–Kier alpha value is -3.08. The summed E-state index contributed by atoms with van der Waals surface area (Å²) in [7, 11) is 1.61. The molecule has 0 fully saturated rings. The smallest absolute Gasteiger partial charge is 0.228 e. The molecule has 25 heavy (non-hydrogen) atoms. The molecule has 128 valence electrons. The van der Waals surface area contributed by atoms with Gasteiger partial charge in [-0.2, -0.15) is 0 Å². The highest BCUT2D eigenvalue weighted by Gasteiger charge is 2.12. The van der Waals surface area contributed by atoms with Gasteiger partial charge in [0.25, 0.3) is 0 Å². The van der Waals surface area contributed by atoms with Gasteiger partial charge in [0, 0.05) is 29.3 Å². The van der Waals surface area contributed by atoms with Crippen molar-refractivity contribution in [2.45, 2.75) is 19.8 Å². The van der Waals surface area contributed by atoms with Gasteiger partial charge in [-0.05, 0) is 36.2 Å². The third-order valence-electron chi connectivity index (χ3n) is 4.25. The number of para-hydroxylation sites is 1. The highest BCUT2D eigenvalue weighted by Crippen LogP contribution is 2.22. The van der Waals surface area contributed by atoms with E-state index in [9.17, 15) is 9.59 Å². The zero-order valence-corrected chi connectivity index (χ0v) is 14.3. The Bertz CT molecular complexity index is 910. The van der Waals surface area contributed by atoms with Crippen LogP contribution in [-0.4, -0.2) is 23.8 Å². The van der Waals surface area contributed by atoms with Crippen molar-refractivity contribution in [2.75, 3.05) is 12.4 Å². The van der Waals surface area contributed by atoms with Gasteiger partial charge >= 0.3 is 0 Å². The molecule has 0 saturated heterocycles. The largest absolute Gasteiger partial charge is 0.359 e. The zero-order chi connectivity index (χ0) is 17.8. The number of benzene rings is 2. The summed E-state index contributed by atoms with van der Waals surface area (Å²) < 4.78 is 0. The summed E-state index contributed by atoms with van der Waals surface area (Å²) >= 11 is 0. The Morgan fingerprint density at radius 2 is 1.68 bits per heavy atom. The molecule has 0 aliphatic carbocycles. The zero-order valence-electron chi connectivity index (χ0n) is 14.3. The van der Waals surface area contributed by atoms with Crippen LogP contribution < -0.4 is 10.6 Å². The average Bonchev–Trinajstić information content (AvgIpc) is 2.92. The first-order chi connectivity index (χ1) is 12.1. The quantitative estimate of drug-likeness (QED) is 0.671. The number of fused-ring (bicyclic) bond motifs is 1. The molecule has 1 aromatic heterocycles. The van der Waals surface area contributed by atoms with Gasteiger partial charge < -0.3 is 15.6 Å². The summed E-state index contributed by atoms with van der Waals surface area (Å²) in [5, 5.41) is 6.59. The molecule has 5 heteroatoms. The third kappa shape index (κ3) is 3.88. The van der Waals surface area contributed by atoms with E-state index in [4.69, 9.17) is 0 Å². The Morgan fingerprint density at radius 1 is 0.960 bits per heavy atom. The second-order valence-corrected chi connectivity index (χ2v) is 6.05. The van der Waals surface area contributed by atoms with Gasteiger partial charge in [-0.15, -0.1) is 0 Å². The number of carbonyl (C=O) groups excluding carboxylic acids is 2. The van der Waals surface area contributed by atoms with E-state index in [2.05, 4.69) is 15.6 Å². The molecular weight excluding hydrogens is 314 g/mol. The molecule has 0 unspecified atom stereocenters. The van der Waals surface area contributed by atoms with Crippen molar-refractivity contribution in [3.8, 4) is 0 Å². The maximum Gasteiger partial charge on any atom is 0.228 e. The maximum absolute atomic E-state index is 12.4. The van der Waals surface area contributed by atoms with E-state index in [1.807, 2.05) is 55.5 Å². The van der Waals surface area contributed by atoms with Gasteiger partial charge in [0.2, 0.25) is 11.8 Å². The van der Waals surface area contributed by atoms with E-state index in [0.717, 1.165) is 33.4 Å². The van der Waals surface area contributed by atoms with Gasteiger partial charge in [0.05, 0.1) is 12.8 Å². The van der Waals surface area contributed by atoms with Crippen LogP contribution in [0.2, 0.25) is 0 Å². The van der Waals surface area contributed by atoms with Crippen LogP contribution in [0.4, 0.5) is 5.69 Å². The maximum atomic E-state index is 12.4. The molecule has 3 N–H and O–H groups in total. The number of aromatic nitrogens is 1. The van der Waals surface area contributed by atoms with Crippen LogP contribution in [0.5, 0.6) is 0 Å². The van der Waals surface area contributed by atoms with E-state index in [-0.39, 0.29) is 11.8 Å². The van der Waals surface area contributed by atoms with Crippen LogP contribution in [0.1, 0.15) is 16.8 Å². The molecule has 0 spiro atoms. The Morgan fingerprint density at radius 3 is 2.40 bits per heavy atom. The van der Waals surface area contributed by atoms with E-state index < -0.39 is 0 Å². The first kappa shape index (κ1) is 16.8. The SMILES string of the molecule is CNC(=O)Cc1ccc(NC(=O)Cc2c(C)[nH]c3ccccc23)cc1. The van der Waals surface area contributed by atoms with Crippen LogP contribution >= 0.6 is 0 Å². The van der Waals surface area contributed by atoms with Crippen molar-refractivity contribution < 1.29 is 9.59 Å². The molecule has 0 bridgehead atoms. The number of hydrogen-bond acceptors (Lipinski definition) is 2. The first-order valence-electron chi connectivity index (χ1n) is 8.22. The van der Waals surface area contributed by atoms with Crippen molar-refractivity contribution in [1.82, 2.24) is 10.3 Å². The van der Waals surface area contributed by atoms with E-state index in [1.165, 1.54) is 0 Å². The number of amides is 2. The minimum atomic E-state index is -0.0631. The topological polar surface area (TPSA) is 74.0 Å². The van der Waals surface area contributed by atoms with Gasteiger partial charge in [0.15, 0.2) is 0 Å². The summed E-state index contributed by atoms with van der Waals surface area (Å²) in [4.78, 5) is 27.1. The molecule has 2 aromatic carbocycles. The number of aromatic amines is 1. The van der Waals surface area contributed by atoms with Crippen molar-refractivity contribution in [2.24, 2.45) is 0 Å². The van der Waals surface area contributed by atoms with E-state index >= 15 is 0 Å². The summed E-state index contributed by atoms with van der Waals surface area (Å²) in [6.07, 6.45) is 0.648. The van der Waals surface area contributed by atoms with Crippen molar-refractivity contribution >= 4 is 28.4 Å². The fraction of sp³-hybridized carbons (Fsp3) is 0.200. The molecular formula is C20H21N3O2. The van der Waals surface area contributed by atoms with Crippen LogP contribution in [0.25, 0.3) is 10.9 Å². The summed E-state index contributed by atoms with van der Waals surface area (Å²) in [5.74, 6) is -0.0986. The number of anilines is 1. The van der Waals surface area contributed by atoms with Crippen LogP contribution in [0.3, 0.4) is 0 Å². The minimum Gasteiger partial charge on any atom is -0.359 e. The molecule has 5 nitrogen and oxygen atoms in total. The second kappa shape index (κ2) is 7.21. The van der Waals surface area contributed by atoms with Crippen LogP contribution in [0.15, 0.2) is 48.5 Å². The van der Waals surface area contributed by atoms with Crippen molar-refractivity contribution in [1.29, 1.82) is 0 Å². The number of rotatable bonds is 5. The van der Waals surface area contributed by atoms with Crippen LogP contribution in [0, 0.1) is 6.92 Å². The van der Waals surface area contributed by atoms with Crippen molar-refractivity contribution in [3.63, 3.8) is 0 Å². The number of carbonyl (C=O) groups is 2. The minimum absolute atomic E-state index is 0.0356. The number of aryl methyl sites for hydroxylation is 1. The summed E-state index contributed by atoms with van der Waals surface area (Å²) in [6.45, 7) is 1.98. The third-order valence-corrected chi connectivity index (χ3v) is 4.25. The van der Waals surface area contributed by atoms with Crippen LogP contribution in [-0.2, 0) is 22.4 Å². The number of hydrogen-bond donors (Lipinski definition) is 3. The first-order valence-corrected chi connectivity index (χ1v) is 8.22. The molecule has 0 aliphatic rings. The second-order valence-electron chi connectivity index (χ2n) is 6.05. The number of likely N-dealkylation sites (N-methyl/N-ethyl adjacent to an activating group) is 1.